The fourth-order valence-electron chi connectivity index (χ4n) is 0.553. The second kappa shape index (κ2) is 6.00. The van der Waals surface area contributed by atoms with Gasteiger partial charge < -0.3 is 0 Å². The first kappa shape index (κ1) is 7.00. The molecule has 0 aliphatic rings. The fourth-order valence-corrected chi connectivity index (χ4v) is 0.553. The highest BCUT2D eigenvalue weighted by molar-refractivity contribution is 4.59. The largest absolute Gasteiger partial charge is 0.0654 e. The van der Waals surface area contributed by atoms with Gasteiger partial charge in [0.2, 0.25) is 0 Å². The summed E-state index contributed by atoms with van der Waals surface area (Å²) in [7, 11) is 0. The molecule has 0 aromatic heterocycles. The van der Waals surface area contributed by atoms with Crippen molar-refractivity contribution in [1.29, 1.82) is 0 Å². The minimum Gasteiger partial charge on any atom is -0.0654 e. The van der Waals surface area contributed by atoms with Gasteiger partial charge in [-0.3, -0.25) is 0 Å². The summed E-state index contributed by atoms with van der Waals surface area (Å²) in [4.78, 5) is 0. The molecule has 0 aliphatic heterocycles. The summed E-state index contributed by atoms with van der Waals surface area (Å²) < 4.78 is 0. The number of hydrogen-bond donors (Lipinski definition) is 0. The van der Waals surface area contributed by atoms with Gasteiger partial charge in [-0.15, -0.1) is 0 Å². The Balaban J connectivity index is 2.45. The van der Waals surface area contributed by atoms with Gasteiger partial charge in [0.05, 0.1) is 0 Å². The quantitative estimate of drug-likeness (QED) is 0.475. The van der Waals surface area contributed by atoms with Crippen LogP contribution in [0.5, 0.6) is 0 Å². The van der Waals surface area contributed by atoms with E-state index in [9.17, 15) is 0 Å². The summed E-state index contributed by atoms with van der Waals surface area (Å²) in [6.45, 7) is 4.42. The lowest BCUT2D eigenvalue weighted by Gasteiger charge is -1.90. The molecule has 0 spiro atoms. The Hall–Kier alpha value is 0. The van der Waals surface area contributed by atoms with E-state index in [2.05, 4.69) is 20.3 Å². The predicted octanol–water partition coefficient (Wildman–Crippen LogP) is 2.79. The molecule has 0 aromatic carbocycles. The van der Waals surface area contributed by atoms with E-state index in [0.29, 0.717) is 0 Å². The van der Waals surface area contributed by atoms with Gasteiger partial charge in [0, 0.05) is 0 Å². The number of hydrogen-bond acceptors (Lipinski definition) is 0. The normalized spacial score (nSPS) is 9.43. The van der Waals surface area contributed by atoms with E-state index in [1.54, 1.807) is 0 Å². The number of rotatable bonds is 4. The van der Waals surface area contributed by atoms with Gasteiger partial charge in [0.1, 0.15) is 0 Å². The molecule has 0 aliphatic carbocycles. The van der Waals surface area contributed by atoms with Crippen LogP contribution in [0.1, 0.15) is 39.5 Å². The van der Waals surface area contributed by atoms with Gasteiger partial charge >= 0.3 is 0 Å². The maximum atomic E-state index is 2.34. The molecule has 0 saturated heterocycles. The van der Waals surface area contributed by atoms with Crippen LogP contribution in [0.15, 0.2) is 0 Å². The lowest BCUT2D eigenvalue weighted by molar-refractivity contribution is 0.761. The Morgan fingerprint density at radius 1 is 1.29 bits per heavy atom. The molecule has 0 rings (SSSR count). The molecule has 7 heavy (non-hydrogen) atoms. The van der Waals surface area contributed by atoms with E-state index in [4.69, 9.17) is 0 Å². The zero-order valence-corrected chi connectivity index (χ0v) is 5.41. The van der Waals surface area contributed by atoms with Gasteiger partial charge in [-0.2, -0.15) is 0 Å². The van der Waals surface area contributed by atoms with Gasteiger partial charge in [-0.1, -0.05) is 39.5 Å². The highest BCUT2D eigenvalue weighted by Crippen LogP contribution is 1.98. The first-order valence-electron chi connectivity index (χ1n) is 3.23. The molecule has 0 heterocycles. The molecule has 43 valence electrons. The lowest BCUT2D eigenvalue weighted by atomic mass is 10.2. The summed E-state index contributed by atoms with van der Waals surface area (Å²) >= 11 is 0. The van der Waals surface area contributed by atoms with Gasteiger partial charge in [0.15, 0.2) is 0 Å². The van der Waals surface area contributed by atoms with Crippen molar-refractivity contribution in [2.45, 2.75) is 39.5 Å². The van der Waals surface area contributed by atoms with E-state index < -0.39 is 0 Å². The average molecular weight is 99.2 g/mol. The molecular formula is C7H15. The molecule has 0 unspecified atom stereocenters. The Morgan fingerprint density at radius 2 is 2.00 bits per heavy atom. The SMILES string of the molecule is CC[CH]CCCC. The molecule has 0 N–H and O–H groups in total. The van der Waals surface area contributed by atoms with Crippen molar-refractivity contribution in [3.05, 3.63) is 6.42 Å². The molecule has 0 aromatic rings. The van der Waals surface area contributed by atoms with E-state index in [-0.39, 0.29) is 0 Å². The zero-order valence-electron chi connectivity index (χ0n) is 5.41. The minimum atomic E-state index is 1.24. The molecule has 1 radical (unpaired) electrons. The number of unbranched alkanes of at least 4 members (excludes halogenated alkanes) is 4. The third-order valence-electron chi connectivity index (χ3n) is 1.05. The van der Waals surface area contributed by atoms with Crippen LogP contribution in [-0.4, -0.2) is 0 Å². The van der Waals surface area contributed by atoms with Gasteiger partial charge in [0.25, 0.3) is 0 Å². The molecule has 0 amide bonds. The minimum absolute atomic E-state index is 1.24. The molecule has 0 fully saturated rings. The monoisotopic (exact) mass is 99.1 g/mol. The standard InChI is InChI=1S/C7H15/c1-3-5-7-6-4-2/h5H,3-4,6-7H2,1-2H3. The van der Waals surface area contributed by atoms with Crippen LogP contribution in [-0.2, 0) is 0 Å². The molecule has 0 heteroatoms. The second-order valence-corrected chi connectivity index (χ2v) is 1.84. The predicted molar refractivity (Wildman–Crippen MR) is 34.1 cm³/mol. The van der Waals surface area contributed by atoms with E-state index in [1.165, 1.54) is 25.7 Å². The average Bonchev–Trinajstić information content (AvgIpc) is 1.69. The third-order valence-corrected chi connectivity index (χ3v) is 1.05. The maximum absolute atomic E-state index is 2.34. The molecule has 0 atom stereocenters. The van der Waals surface area contributed by atoms with Crippen molar-refractivity contribution < 1.29 is 0 Å². The van der Waals surface area contributed by atoms with Crippen LogP contribution in [0.2, 0.25) is 0 Å². The molecule has 0 nitrogen and oxygen atoms in total. The third kappa shape index (κ3) is 6.00. The van der Waals surface area contributed by atoms with E-state index >= 15 is 0 Å². The highest BCUT2D eigenvalue weighted by Gasteiger charge is 1.80. The second-order valence-electron chi connectivity index (χ2n) is 1.84. The Labute approximate surface area is 46.9 Å². The van der Waals surface area contributed by atoms with Crippen molar-refractivity contribution >= 4 is 0 Å². The van der Waals surface area contributed by atoms with Crippen molar-refractivity contribution in [2.24, 2.45) is 0 Å². The van der Waals surface area contributed by atoms with Crippen LogP contribution in [0.3, 0.4) is 0 Å². The van der Waals surface area contributed by atoms with Crippen LogP contribution < -0.4 is 0 Å². The molecular weight excluding hydrogens is 84.1 g/mol. The van der Waals surface area contributed by atoms with Gasteiger partial charge in [-0.05, 0) is 6.42 Å². The van der Waals surface area contributed by atoms with Crippen LogP contribution >= 0.6 is 0 Å². The first-order chi connectivity index (χ1) is 3.41. The first-order valence-corrected chi connectivity index (χ1v) is 3.23. The summed E-state index contributed by atoms with van der Waals surface area (Å²) in [6.07, 6.45) is 7.58. The Bertz CT molecular complexity index is 19.2. The Kier molecular flexibility index (Phi) is 6.00. The lowest BCUT2D eigenvalue weighted by Crippen LogP contribution is -1.72. The maximum Gasteiger partial charge on any atom is -0.0389 e. The van der Waals surface area contributed by atoms with Crippen LogP contribution in [0.4, 0.5) is 0 Å². The van der Waals surface area contributed by atoms with Gasteiger partial charge in [-0.25, -0.2) is 0 Å². The molecule has 0 bridgehead atoms. The van der Waals surface area contributed by atoms with Crippen molar-refractivity contribution in [2.75, 3.05) is 0 Å². The van der Waals surface area contributed by atoms with Crippen LogP contribution in [0.25, 0.3) is 0 Å². The van der Waals surface area contributed by atoms with Crippen LogP contribution in [0, 0.1) is 6.42 Å². The Morgan fingerprint density at radius 3 is 2.43 bits per heavy atom. The summed E-state index contributed by atoms with van der Waals surface area (Å²) in [6, 6.07) is 0. The smallest absolute Gasteiger partial charge is 0.0389 e. The van der Waals surface area contributed by atoms with Crippen molar-refractivity contribution in [3.63, 3.8) is 0 Å². The summed E-state index contributed by atoms with van der Waals surface area (Å²) in [5.74, 6) is 0. The summed E-state index contributed by atoms with van der Waals surface area (Å²) in [5, 5.41) is 0. The van der Waals surface area contributed by atoms with E-state index in [0.717, 1.165) is 0 Å². The fraction of sp³-hybridized carbons (Fsp3) is 0.857. The molecule has 0 saturated carbocycles. The summed E-state index contributed by atoms with van der Waals surface area (Å²) in [5.41, 5.74) is 0. The highest BCUT2D eigenvalue weighted by atomic mass is 13.9. The van der Waals surface area contributed by atoms with Crippen molar-refractivity contribution in [1.82, 2.24) is 0 Å². The topological polar surface area (TPSA) is 0 Å². The van der Waals surface area contributed by atoms with Crippen molar-refractivity contribution in [3.8, 4) is 0 Å². The van der Waals surface area contributed by atoms with E-state index in [1.807, 2.05) is 0 Å². The zero-order chi connectivity index (χ0) is 5.54.